The molecule has 0 atom stereocenters. The number of carbonyl (C=O) groups is 3. The van der Waals surface area contributed by atoms with Crippen LogP contribution in [0.15, 0.2) is 0 Å². The highest BCUT2D eigenvalue weighted by Crippen LogP contribution is 2.02. The molecule has 1 N–H and O–H groups in total. The molecule has 0 aliphatic heterocycles. The first-order chi connectivity index (χ1) is 17.1. The number of aliphatic carboxylic acids is 1. The summed E-state index contributed by atoms with van der Waals surface area (Å²) in [6.45, 7) is 8.03. The summed E-state index contributed by atoms with van der Waals surface area (Å²) >= 11 is 0. The highest BCUT2D eigenvalue weighted by atomic mass is 16.6. The van der Waals surface area contributed by atoms with Crippen molar-refractivity contribution in [3.05, 3.63) is 0 Å². The number of esters is 1. The van der Waals surface area contributed by atoms with E-state index in [4.69, 9.17) is 38.3 Å². The number of carbonyl (C=O) groups excluding carboxylic acids is 2. The number of Topliss-reactive ketones (excluding diaryl/α,β-unsaturated/α-hetero) is 1. The Kier molecular flexibility index (Phi) is 25.7. The smallest absolute Gasteiger partial charge is 0.372 e. The van der Waals surface area contributed by atoms with Crippen LogP contribution >= 0.6 is 0 Å². The van der Waals surface area contributed by atoms with Gasteiger partial charge in [0.1, 0.15) is 6.61 Å². The van der Waals surface area contributed by atoms with Crippen molar-refractivity contribution in [1.29, 1.82) is 0 Å². The molecule has 35 heavy (non-hydrogen) atoms. The largest absolute Gasteiger partial charge is 0.476 e. The van der Waals surface area contributed by atoms with Gasteiger partial charge in [-0.25, -0.2) is 4.79 Å². The molecule has 0 bridgehead atoms. The zero-order chi connectivity index (χ0) is 25.8. The summed E-state index contributed by atoms with van der Waals surface area (Å²) in [5.74, 6) is -3.21. The molecular weight excluding hydrogens is 464 g/mol. The van der Waals surface area contributed by atoms with E-state index in [-0.39, 0.29) is 26.1 Å². The van der Waals surface area contributed by atoms with E-state index in [1.807, 2.05) is 0 Å². The van der Waals surface area contributed by atoms with Gasteiger partial charge in [-0.2, -0.15) is 0 Å². The van der Waals surface area contributed by atoms with Crippen molar-refractivity contribution >= 4 is 17.7 Å². The molecule has 0 aliphatic carbocycles. The molecule has 11 heteroatoms. The molecule has 0 heterocycles. The van der Waals surface area contributed by atoms with E-state index in [1.165, 1.54) is 25.7 Å². The molecule has 0 aromatic heterocycles. The Morgan fingerprint density at radius 3 is 1.34 bits per heavy atom. The predicted molar refractivity (Wildman–Crippen MR) is 127 cm³/mol. The third-order valence-electron chi connectivity index (χ3n) is 4.54. The summed E-state index contributed by atoms with van der Waals surface area (Å²) < 4.78 is 37.2. The Balaban J connectivity index is 3.14. The van der Waals surface area contributed by atoms with Crippen molar-refractivity contribution < 1.29 is 52.6 Å². The monoisotopic (exact) mass is 508 g/mol. The minimum Gasteiger partial charge on any atom is -0.476 e. The first-order valence-electron chi connectivity index (χ1n) is 12.5. The number of hydrogen-bond acceptors (Lipinski definition) is 10. The van der Waals surface area contributed by atoms with Gasteiger partial charge in [-0.3, -0.25) is 9.59 Å². The lowest BCUT2D eigenvalue weighted by Gasteiger charge is -2.08. The second-order valence-electron chi connectivity index (χ2n) is 7.54. The number of hydrogen-bond donors (Lipinski definition) is 1. The van der Waals surface area contributed by atoms with Gasteiger partial charge in [0.2, 0.25) is 5.78 Å². The molecule has 0 fully saturated rings. The molecule has 0 rings (SSSR count). The molecule has 0 spiro atoms. The van der Waals surface area contributed by atoms with E-state index in [2.05, 4.69) is 6.92 Å². The standard InChI is InChI=1S/C24H44O11/c1-2-3-4-5-6-9-29-10-11-30-12-13-31-14-15-32-16-17-33-18-19-34-20-21-35-23(26)8-7-22(25)24(27)28/h2-21H2,1H3,(H,27,28). The number of carboxylic acids is 1. The van der Waals surface area contributed by atoms with E-state index in [9.17, 15) is 14.4 Å². The van der Waals surface area contributed by atoms with Crippen molar-refractivity contribution in [1.82, 2.24) is 0 Å². The van der Waals surface area contributed by atoms with Crippen molar-refractivity contribution in [2.24, 2.45) is 0 Å². The van der Waals surface area contributed by atoms with E-state index in [0.29, 0.717) is 66.1 Å². The lowest BCUT2D eigenvalue weighted by Crippen LogP contribution is -2.17. The van der Waals surface area contributed by atoms with Crippen LogP contribution < -0.4 is 0 Å². The van der Waals surface area contributed by atoms with E-state index in [0.717, 1.165) is 13.0 Å². The molecule has 0 aromatic carbocycles. The average molecular weight is 509 g/mol. The molecule has 0 aliphatic rings. The predicted octanol–water partition coefficient (Wildman–Crippen LogP) is 2.03. The Labute approximate surface area is 208 Å². The summed E-state index contributed by atoms with van der Waals surface area (Å²) in [6.07, 6.45) is 5.56. The number of unbranched alkanes of at least 4 members (excludes halogenated alkanes) is 4. The van der Waals surface area contributed by atoms with Crippen LogP contribution in [-0.2, 0) is 47.5 Å². The maximum absolute atomic E-state index is 11.3. The highest BCUT2D eigenvalue weighted by Gasteiger charge is 2.14. The van der Waals surface area contributed by atoms with Crippen LogP contribution in [0.3, 0.4) is 0 Å². The molecule has 0 saturated heterocycles. The maximum Gasteiger partial charge on any atom is 0.372 e. The second-order valence-corrected chi connectivity index (χ2v) is 7.54. The third kappa shape index (κ3) is 26.8. The summed E-state index contributed by atoms with van der Waals surface area (Å²) in [4.78, 5) is 32.5. The normalized spacial score (nSPS) is 11.0. The van der Waals surface area contributed by atoms with Crippen molar-refractivity contribution in [2.75, 3.05) is 85.9 Å². The lowest BCUT2D eigenvalue weighted by atomic mass is 10.2. The van der Waals surface area contributed by atoms with E-state index >= 15 is 0 Å². The van der Waals surface area contributed by atoms with E-state index < -0.39 is 17.7 Å². The van der Waals surface area contributed by atoms with Crippen molar-refractivity contribution in [2.45, 2.75) is 51.9 Å². The Morgan fingerprint density at radius 2 is 0.914 bits per heavy atom. The third-order valence-corrected chi connectivity index (χ3v) is 4.54. The first kappa shape index (κ1) is 33.4. The average Bonchev–Trinajstić information content (AvgIpc) is 2.85. The van der Waals surface area contributed by atoms with Gasteiger partial charge in [-0.1, -0.05) is 32.6 Å². The fourth-order valence-corrected chi connectivity index (χ4v) is 2.62. The maximum atomic E-state index is 11.3. The SMILES string of the molecule is CCCCCCCOCCOCCOCCOCCOCCOCCOC(=O)CCC(=O)C(=O)O. The Hall–Kier alpha value is -1.63. The molecule has 11 nitrogen and oxygen atoms in total. The minimum absolute atomic E-state index is 0.0290. The van der Waals surface area contributed by atoms with Gasteiger partial charge >= 0.3 is 11.9 Å². The molecular formula is C24H44O11. The van der Waals surface area contributed by atoms with Crippen LogP contribution in [0.25, 0.3) is 0 Å². The van der Waals surface area contributed by atoms with Crippen LogP contribution in [0.5, 0.6) is 0 Å². The Bertz CT molecular complexity index is 514. The van der Waals surface area contributed by atoms with Crippen LogP contribution in [0, 0.1) is 0 Å². The van der Waals surface area contributed by atoms with Crippen LogP contribution in [0.4, 0.5) is 0 Å². The van der Waals surface area contributed by atoms with Gasteiger partial charge in [-0.05, 0) is 6.42 Å². The summed E-state index contributed by atoms with van der Waals surface area (Å²) in [5, 5.41) is 8.41. The van der Waals surface area contributed by atoms with Crippen LogP contribution in [0.2, 0.25) is 0 Å². The molecule has 0 aromatic rings. The van der Waals surface area contributed by atoms with Gasteiger partial charge in [0.05, 0.1) is 79.1 Å². The van der Waals surface area contributed by atoms with Gasteiger partial charge in [-0.15, -0.1) is 0 Å². The van der Waals surface area contributed by atoms with Crippen molar-refractivity contribution in [3.63, 3.8) is 0 Å². The fourth-order valence-electron chi connectivity index (χ4n) is 2.62. The minimum atomic E-state index is -1.55. The molecule has 0 unspecified atom stereocenters. The first-order valence-corrected chi connectivity index (χ1v) is 12.5. The summed E-state index contributed by atoms with van der Waals surface area (Å²) in [7, 11) is 0. The van der Waals surface area contributed by atoms with Gasteiger partial charge in [0.25, 0.3) is 0 Å². The second kappa shape index (κ2) is 27.0. The molecule has 0 saturated carbocycles. The van der Waals surface area contributed by atoms with E-state index in [1.54, 1.807) is 0 Å². The summed E-state index contributed by atoms with van der Waals surface area (Å²) in [6, 6.07) is 0. The lowest BCUT2D eigenvalue weighted by molar-refractivity contribution is -0.151. The number of carboxylic acid groups (broad SMARTS) is 1. The number of rotatable bonds is 28. The van der Waals surface area contributed by atoms with Crippen molar-refractivity contribution in [3.8, 4) is 0 Å². The summed E-state index contributed by atoms with van der Waals surface area (Å²) in [5.41, 5.74) is 0. The molecule has 0 amide bonds. The molecule has 206 valence electrons. The van der Waals surface area contributed by atoms with Gasteiger partial charge < -0.3 is 38.3 Å². The van der Waals surface area contributed by atoms with Gasteiger partial charge in [0, 0.05) is 13.0 Å². The highest BCUT2D eigenvalue weighted by molar-refractivity contribution is 6.32. The van der Waals surface area contributed by atoms with Crippen LogP contribution in [-0.4, -0.2) is 109 Å². The number of ketones is 1. The van der Waals surface area contributed by atoms with Crippen LogP contribution in [0.1, 0.15) is 51.9 Å². The Morgan fingerprint density at radius 1 is 0.514 bits per heavy atom. The quantitative estimate of drug-likeness (QED) is 0.0944. The number of ether oxygens (including phenoxy) is 7. The zero-order valence-electron chi connectivity index (χ0n) is 21.2. The van der Waals surface area contributed by atoms with Gasteiger partial charge in [0.15, 0.2) is 0 Å². The zero-order valence-corrected chi connectivity index (χ0v) is 21.2. The fraction of sp³-hybridized carbons (Fsp3) is 0.875. The molecule has 0 radical (unpaired) electrons. The topological polar surface area (TPSA) is 136 Å².